The van der Waals surface area contributed by atoms with Crippen molar-refractivity contribution < 1.29 is 14.9 Å². The lowest BCUT2D eigenvalue weighted by molar-refractivity contribution is -0.0445. The Labute approximate surface area is 182 Å². The molecule has 9 heteroatoms. The Kier molecular flexibility index (Phi) is 5.14. The van der Waals surface area contributed by atoms with E-state index in [9.17, 15) is 15.0 Å². The second kappa shape index (κ2) is 8.12. The van der Waals surface area contributed by atoms with E-state index in [4.69, 9.17) is 10.5 Å². The number of rotatable bonds is 4. The summed E-state index contributed by atoms with van der Waals surface area (Å²) in [4.78, 5) is 25.5. The SMILES string of the molecule is Nc1nc(=O)n(C2CC(O)C(CO)O2)c2nc(-c3ccc(-c4ccccc4)cc3)cnc12. The van der Waals surface area contributed by atoms with E-state index in [1.54, 1.807) is 6.20 Å². The van der Waals surface area contributed by atoms with Gasteiger partial charge in [-0.1, -0.05) is 54.6 Å². The number of aromatic nitrogens is 4. The Balaban J connectivity index is 1.58. The van der Waals surface area contributed by atoms with E-state index in [2.05, 4.69) is 15.0 Å². The highest BCUT2D eigenvalue weighted by molar-refractivity contribution is 5.83. The summed E-state index contributed by atoms with van der Waals surface area (Å²) in [7, 11) is 0. The van der Waals surface area contributed by atoms with Crippen LogP contribution in [0.2, 0.25) is 0 Å². The zero-order valence-electron chi connectivity index (χ0n) is 17.0. The quantitative estimate of drug-likeness (QED) is 0.444. The van der Waals surface area contributed by atoms with Crippen molar-refractivity contribution in [1.82, 2.24) is 19.5 Å². The van der Waals surface area contributed by atoms with Crippen LogP contribution in [-0.4, -0.2) is 48.5 Å². The van der Waals surface area contributed by atoms with Crippen molar-refractivity contribution in [3.8, 4) is 22.4 Å². The van der Waals surface area contributed by atoms with E-state index in [1.807, 2.05) is 54.6 Å². The molecular formula is C23H21N5O4. The lowest BCUT2D eigenvalue weighted by Gasteiger charge is -2.17. The van der Waals surface area contributed by atoms with E-state index in [0.717, 1.165) is 16.7 Å². The molecule has 3 heterocycles. The second-order valence-corrected chi connectivity index (χ2v) is 7.64. The van der Waals surface area contributed by atoms with E-state index >= 15 is 0 Å². The summed E-state index contributed by atoms with van der Waals surface area (Å²) in [5.41, 5.74) is 9.27. The number of fused-ring (bicyclic) bond motifs is 1. The summed E-state index contributed by atoms with van der Waals surface area (Å²) < 4.78 is 6.90. The second-order valence-electron chi connectivity index (χ2n) is 7.64. The van der Waals surface area contributed by atoms with E-state index < -0.39 is 24.1 Å². The molecule has 2 aromatic carbocycles. The lowest BCUT2D eigenvalue weighted by atomic mass is 10.0. The third kappa shape index (κ3) is 3.52. The summed E-state index contributed by atoms with van der Waals surface area (Å²) in [5.74, 6) is -0.0306. The Morgan fingerprint density at radius 1 is 1.03 bits per heavy atom. The summed E-state index contributed by atoms with van der Waals surface area (Å²) in [6, 6.07) is 17.9. The maximum absolute atomic E-state index is 12.7. The first-order valence-corrected chi connectivity index (χ1v) is 10.2. The van der Waals surface area contributed by atoms with E-state index in [0.29, 0.717) is 5.69 Å². The minimum atomic E-state index is -0.911. The fourth-order valence-electron chi connectivity index (χ4n) is 3.93. The Morgan fingerprint density at radius 2 is 1.72 bits per heavy atom. The van der Waals surface area contributed by atoms with Gasteiger partial charge in [0.05, 0.1) is 24.6 Å². The average molecular weight is 431 g/mol. The number of nitrogen functional groups attached to an aromatic ring is 1. The van der Waals surface area contributed by atoms with Crippen LogP contribution in [0.25, 0.3) is 33.5 Å². The van der Waals surface area contributed by atoms with E-state index in [1.165, 1.54) is 4.57 Å². The number of anilines is 1. The van der Waals surface area contributed by atoms with Gasteiger partial charge in [-0.2, -0.15) is 4.98 Å². The van der Waals surface area contributed by atoms with Crippen LogP contribution in [0.15, 0.2) is 65.6 Å². The first-order valence-electron chi connectivity index (χ1n) is 10.2. The molecule has 0 spiro atoms. The maximum atomic E-state index is 12.7. The van der Waals surface area contributed by atoms with Crippen LogP contribution in [0.4, 0.5) is 5.82 Å². The van der Waals surface area contributed by atoms with E-state index in [-0.39, 0.29) is 30.0 Å². The van der Waals surface area contributed by atoms with Crippen molar-refractivity contribution in [2.45, 2.75) is 24.9 Å². The Bertz CT molecular complexity index is 1320. The summed E-state index contributed by atoms with van der Waals surface area (Å²) in [6.45, 7) is -0.364. The van der Waals surface area contributed by atoms with Crippen LogP contribution in [0.5, 0.6) is 0 Å². The molecule has 32 heavy (non-hydrogen) atoms. The highest BCUT2D eigenvalue weighted by Gasteiger charge is 2.36. The molecule has 3 atom stereocenters. The van der Waals surface area contributed by atoms with Crippen LogP contribution in [-0.2, 0) is 4.74 Å². The Morgan fingerprint density at radius 3 is 2.41 bits per heavy atom. The third-order valence-corrected chi connectivity index (χ3v) is 5.61. The van der Waals surface area contributed by atoms with Gasteiger partial charge in [0.1, 0.15) is 17.8 Å². The van der Waals surface area contributed by atoms with Crippen LogP contribution in [0, 0.1) is 0 Å². The largest absolute Gasteiger partial charge is 0.394 e. The van der Waals surface area contributed by atoms with Crippen molar-refractivity contribution >= 4 is 17.0 Å². The molecule has 1 aliphatic rings. The number of ether oxygens (including phenoxy) is 1. The molecule has 9 nitrogen and oxygen atoms in total. The summed E-state index contributed by atoms with van der Waals surface area (Å²) >= 11 is 0. The molecule has 0 amide bonds. The van der Waals surface area contributed by atoms with Crippen molar-refractivity contribution in [2.75, 3.05) is 12.3 Å². The first-order chi connectivity index (χ1) is 15.5. The van der Waals surface area contributed by atoms with Gasteiger partial charge in [-0.05, 0) is 11.1 Å². The van der Waals surface area contributed by atoms with Gasteiger partial charge in [-0.3, -0.25) is 0 Å². The fourth-order valence-corrected chi connectivity index (χ4v) is 3.93. The van der Waals surface area contributed by atoms with Gasteiger partial charge in [0, 0.05) is 12.0 Å². The van der Waals surface area contributed by atoms with Gasteiger partial charge in [0.25, 0.3) is 0 Å². The van der Waals surface area contributed by atoms with Gasteiger partial charge in [-0.25, -0.2) is 19.3 Å². The first kappa shape index (κ1) is 20.3. The predicted octanol–water partition coefficient (Wildman–Crippen LogP) is 1.74. The van der Waals surface area contributed by atoms with Gasteiger partial charge >= 0.3 is 5.69 Å². The standard InChI is InChI=1S/C23H21N5O4/c24-21-20-22(28(23(31)27-21)19-10-17(30)18(12-29)32-19)26-16(11-25-20)15-8-6-14(7-9-15)13-4-2-1-3-5-13/h1-9,11,17-19,29-30H,10,12H2,(H2,24,27,31). The number of nitrogens with zero attached hydrogens (tertiary/aromatic N) is 4. The predicted molar refractivity (Wildman–Crippen MR) is 118 cm³/mol. The number of benzene rings is 2. The molecule has 1 saturated heterocycles. The molecule has 0 bridgehead atoms. The van der Waals surface area contributed by atoms with Crippen LogP contribution >= 0.6 is 0 Å². The van der Waals surface area contributed by atoms with Crippen molar-refractivity contribution in [3.05, 3.63) is 71.3 Å². The normalized spacial score (nSPS) is 20.6. The molecule has 2 aromatic heterocycles. The van der Waals surface area contributed by atoms with Crippen molar-refractivity contribution in [1.29, 1.82) is 0 Å². The van der Waals surface area contributed by atoms with Gasteiger partial charge in [-0.15, -0.1) is 0 Å². The zero-order chi connectivity index (χ0) is 22.2. The highest BCUT2D eigenvalue weighted by Crippen LogP contribution is 2.31. The van der Waals surface area contributed by atoms with Crippen molar-refractivity contribution in [3.63, 3.8) is 0 Å². The van der Waals surface area contributed by atoms with Crippen LogP contribution in [0.1, 0.15) is 12.6 Å². The molecule has 0 saturated carbocycles. The molecule has 4 aromatic rings. The number of hydrogen-bond acceptors (Lipinski definition) is 8. The topological polar surface area (TPSA) is 136 Å². The molecule has 4 N–H and O–H groups in total. The molecule has 1 fully saturated rings. The average Bonchev–Trinajstić information content (AvgIpc) is 3.19. The zero-order valence-corrected chi connectivity index (χ0v) is 17.0. The van der Waals surface area contributed by atoms with Gasteiger partial charge in [0.2, 0.25) is 0 Å². The highest BCUT2D eigenvalue weighted by atomic mass is 16.5. The number of aliphatic hydroxyl groups is 2. The maximum Gasteiger partial charge on any atom is 0.353 e. The molecule has 162 valence electrons. The number of aliphatic hydroxyl groups excluding tert-OH is 2. The smallest absolute Gasteiger partial charge is 0.353 e. The molecular weight excluding hydrogens is 410 g/mol. The molecule has 5 rings (SSSR count). The third-order valence-electron chi connectivity index (χ3n) is 5.61. The minimum Gasteiger partial charge on any atom is -0.394 e. The number of nitrogens with two attached hydrogens (primary N) is 1. The van der Waals surface area contributed by atoms with Crippen molar-refractivity contribution in [2.24, 2.45) is 0 Å². The molecule has 1 aliphatic heterocycles. The minimum absolute atomic E-state index is 0.0306. The van der Waals surface area contributed by atoms with Crippen LogP contribution in [0.3, 0.4) is 0 Å². The van der Waals surface area contributed by atoms with Gasteiger partial charge < -0.3 is 20.7 Å². The van der Waals surface area contributed by atoms with Crippen LogP contribution < -0.4 is 11.4 Å². The summed E-state index contributed by atoms with van der Waals surface area (Å²) in [5, 5.41) is 19.5. The van der Waals surface area contributed by atoms with Gasteiger partial charge in [0.15, 0.2) is 11.5 Å². The molecule has 0 aliphatic carbocycles. The monoisotopic (exact) mass is 431 g/mol. The number of hydrogen-bond donors (Lipinski definition) is 3. The molecule has 3 unspecified atom stereocenters. The summed E-state index contributed by atoms with van der Waals surface area (Å²) in [6.07, 6.45) is -0.848. The fraction of sp³-hybridized carbons (Fsp3) is 0.217. The lowest BCUT2D eigenvalue weighted by Crippen LogP contribution is -2.30. The Hall–Kier alpha value is -3.66. The molecule has 0 radical (unpaired) electrons.